The maximum atomic E-state index is 12.0. The summed E-state index contributed by atoms with van der Waals surface area (Å²) in [6.07, 6.45) is 1.97. The van der Waals surface area contributed by atoms with Crippen molar-refractivity contribution in [1.82, 2.24) is 10.3 Å². The van der Waals surface area contributed by atoms with Crippen LogP contribution in [0.1, 0.15) is 51.9 Å². The third-order valence-electron chi connectivity index (χ3n) is 3.88. The summed E-state index contributed by atoms with van der Waals surface area (Å²) < 4.78 is 10.4. The number of carbonyl (C=O) groups excluding carboxylic acids is 3. The first-order valence-corrected chi connectivity index (χ1v) is 7.65. The fourth-order valence-corrected chi connectivity index (χ4v) is 2.77. The van der Waals surface area contributed by atoms with Gasteiger partial charge in [0.1, 0.15) is 5.69 Å². The number of rotatable bonds is 6. The summed E-state index contributed by atoms with van der Waals surface area (Å²) in [5, 5.41) is 2.68. The summed E-state index contributed by atoms with van der Waals surface area (Å²) in [7, 11) is 0. The molecule has 0 bridgehead atoms. The number of hydrogen-bond acceptors (Lipinski definition) is 5. The monoisotopic (exact) mass is 322 g/mol. The van der Waals surface area contributed by atoms with Crippen LogP contribution in [0, 0.1) is 13.8 Å². The van der Waals surface area contributed by atoms with Crippen LogP contribution in [0.2, 0.25) is 0 Å². The standard InChI is InChI=1S/C16H22N2O5/c1-9-14(11(3)19)10(2)18-15(9)16(21)23-8-13(20)17-7-12-5-4-6-22-12/h12,18H,4-8H2,1-3H3,(H,17,20)/t12-/m0/s1. The predicted octanol–water partition coefficient (Wildman–Crippen LogP) is 1.29. The average molecular weight is 322 g/mol. The van der Waals surface area contributed by atoms with E-state index in [0.717, 1.165) is 19.4 Å². The Bertz CT molecular complexity index is 614. The first kappa shape index (κ1) is 17.2. The lowest BCUT2D eigenvalue weighted by atomic mass is 10.1. The Morgan fingerprint density at radius 1 is 1.35 bits per heavy atom. The van der Waals surface area contributed by atoms with Gasteiger partial charge in [-0.2, -0.15) is 0 Å². The Morgan fingerprint density at radius 3 is 2.65 bits per heavy atom. The predicted molar refractivity (Wildman–Crippen MR) is 82.5 cm³/mol. The lowest BCUT2D eigenvalue weighted by molar-refractivity contribution is -0.124. The van der Waals surface area contributed by atoms with Crippen LogP contribution in [-0.4, -0.2) is 48.5 Å². The van der Waals surface area contributed by atoms with Crippen LogP contribution in [0.3, 0.4) is 0 Å². The van der Waals surface area contributed by atoms with Crippen molar-refractivity contribution in [2.75, 3.05) is 19.8 Å². The van der Waals surface area contributed by atoms with Gasteiger partial charge in [0.15, 0.2) is 12.4 Å². The van der Waals surface area contributed by atoms with Crippen molar-refractivity contribution in [3.8, 4) is 0 Å². The van der Waals surface area contributed by atoms with Crippen molar-refractivity contribution in [1.29, 1.82) is 0 Å². The quantitative estimate of drug-likeness (QED) is 0.607. The van der Waals surface area contributed by atoms with Gasteiger partial charge < -0.3 is 19.8 Å². The second-order valence-corrected chi connectivity index (χ2v) is 5.70. The van der Waals surface area contributed by atoms with Gasteiger partial charge >= 0.3 is 5.97 Å². The maximum Gasteiger partial charge on any atom is 0.355 e. The highest BCUT2D eigenvalue weighted by molar-refractivity contribution is 6.01. The fraction of sp³-hybridized carbons (Fsp3) is 0.562. The third kappa shape index (κ3) is 4.19. The number of aromatic amines is 1. The highest BCUT2D eigenvalue weighted by atomic mass is 16.5. The first-order chi connectivity index (χ1) is 10.9. The third-order valence-corrected chi connectivity index (χ3v) is 3.88. The van der Waals surface area contributed by atoms with E-state index in [2.05, 4.69) is 10.3 Å². The summed E-state index contributed by atoms with van der Waals surface area (Å²) in [6, 6.07) is 0. The Labute approximate surface area is 134 Å². The summed E-state index contributed by atoms with van der Waals surface area (Å²) in [6.45, 7) is 5.61. The van der Waals surface area contributed by atoms with Crippen LogP contribution in [0.15, 0.2) is 0 Å². The van der Waals surface area contributed by atoms with Gasteiger partial charge in [-0.25, -0.2) is 4.79 Å². The van der Waals surface area contributed by atoms with Gasteiger partial charge in [0.25, 0.3) is 5.91 Å². The van der Waals surface area contributed by atoms with E-state index in [1.54, 1.807) is 13.8 Å². The molecule has 0 saturated carbocycles. The lowest BCUT2D eigenvalue weighted by Gasteiger charge is -2.10. The number of H-pyrrole nitrogens is 1. The molecule has 1 saturated heterocycles. The number of carbonyl (C=O) groups is 3. The number of nitrogens with one attached hydrogen (secondary N) is 2. The Morgan fingerprint density at radius 2 is 2.09 bits per heavy atom. The molecular weight excluding hydrogens is 300 g/mol. The van der Waals surface area contributed by atoms with E-state index in [1.165, 1.54) is 6.92 Å². The van der Waals surface area contributed by atoms with Crippen molar-refractivity contribution < 1.29 is 23.9 Å². The zero-order valence-corrected chi connectivity index (χ0v) is 13.7. The number of hydrogen-bond donors (Lipinski definition) is 2. The molecule has 0 aliphatic carbocycles. The number of amides is 1. The summed E-state index contributed by atoms with van der Waals surface area (Å²) in [5.41, 5.74) is 1.85. The molecule has 1 aromatic rings. The van der Waals surface area contributed by atoms with E-state index < -0.39 is 5.97 Å². The molecule has 1 aliphatic heterocycles. The van der Waals surface area contributed by atoms with Gasteiger partial charge in [-0.3, -0.25) is 9.59 Å². The SMILES string of the molecule is CC(=O)c1c(C)[nH]c(C(=O)OCC(=O)NC[C@@H]2CCCO2)c1C. The molecule has 2 N–H and O–H groups in total. The molecule has 2 rings (SSSR count). The minimum atomic E-state index is -0.648. The Balaban J connectivity index is 1.86. The van der Waals surface area contributed by atoms with Crippen molar-refractivity contribution >= 4 is 17.7 Å². The number of aromatic nitrogens is 1. The zero-order valence-electron chi connectivity index (χ0n) is 13.7. The molecule has 7 heteroatoms. The van der Waals surface area contributed by atoms with Crippen LogP contribution in [-0.2, 0) is 14.3 Å². The van der Waals surface area contributed by atoms with Crippen LogP contribution in [0.5, 0.6) is 0 Å². The van der Waals surface area contributed by atoms with E-state index in [9.17, 15) is 14.4 Å². The zero-order chi connectivity index (χ0) is 17.0. The molecular formula is C16H22N2O5. The summed E-state index contributed by atoms with van der Waals surface area (Å²) in [4.78, 5) is 38.1. The maximum absolute atomic E-state index is 12.0. The van der Waals surface area contributed by atoms with Crippen molar-refractivity contribution in [3.63, 3.8) is 0 Å². The Hall–Kier alpha value is -2.15. The molecule has 2 heterocycles. The number of esters is 1. The average Bonchev–Trinajstić information content (AvgIpc) is 3.10. The van der Waals surface area contributed by atoms with Crippen LogP contribution in [0.25, 0.3) is 0 Å². The highest BCUT2D eigenvalue weighted by Gasteiger charge is 2.22. The van der Waals surface area contributed by atoms with Gasteiger partial charge in [0.05, 0.1) is 6.10 Å². The first-order valence-electron chi connectivity index (χ1n) is 7.65. The summed E-state index contributed by atoms with van der Waals surface area (Å²) >= 11 is 0. The second-order valence-electron chi connectivity index (χ2n) is 5.70. The summed E-state index contributed by atoms with van der Waals surface area (Å²) in [5.74, 6) is -1.14. The van der Waals surface area contributed by atoms with Gasteiger partial charge in [0.2, 0.25) is 0 Å². The molecule has 1 aromatic heterocycles. The Kier molecular flexibility index (Phi) is 5.54. The molecule has 1 aliphatic rings. The van der Waals surface area contributed by atoms with Gasteiger partial charge in [0, 0.05) is 24.4 Å². The topological polar surface area (TPSA) is 97.5 Å². The van der Waals surface area contributed by atoms with E-state index in [1.807, 2.05) is 0 Å². The molecule has 1 amide bonds. The molecule has 126 valence electrons. The normalized spacial score (nSPS) is 17.1. The minimum absolute atomic E-state index is 0.0427. The molecule has 0 spiro atoms. The highest BCUT2D eigenvalue weighted by Crippen LogP contribution is 2.19. The van der Waals surface area contributed by atoms with Crippen molar-refractivity contribution in [2.24, 2.45) is 0 Å². The van der Waals surface area contributed by atoms with Gasteiger partial charge in [-0.05, 0) is 39.2 Å². The second kappa shape index (κ2) is 7.41. The molecule has 0 radical (unpaired) electrons. The number of aryl methyl sites for hydroxylation is 1. The number of ether oxygens (including phenoxy) is 2. The van der Waals surface area contributed by atoms with Crippen molar-refractivity contribution in [2.45, 2.75) is 39.7 Å². The van der Waals surface area contributed by atoms with Gasteiger partial charge in [-0.1, -0.05) is 0 Å². The molecule has 23 heavy (non-hydrogen) atoms. The minimum Gasteiger partial charge on any atom is -0.451 e. The largest absolute Gasteiger partial charge is 0.451 e. The van der Waals surface area contributed by atoms with E-state index in [4.69, 9.17) is 9.47 Å². The lowest BCUT2D eigenvalue weighted by Crippen LogP contribution is -2.34. The molecule has 0 aromatic carbocycles. The fourth-order valence-electron chi connectivity index (χ4n) is 2.77. The van der Waals surface area contributed by atoms with Crippen molar-refractivity contribution in [3.05, 3.63) is 22.5 Å². The molecule has 0 unspecified atom stereocenters. The number of Topliss-reactive ketones (excluding diaryl/α,β-unsaturated/α-hetero) is 1. The van der Waals surface area contributed by atoms with Crippen LogP contribution >= 0.6 is 0 Å². The van der Waals surface area contributed by atoms with Crippen LogP contribution < -0.4 is 5.32 Å². The smallest absolute Gasteiger partial charge is 0.355 e. The van der Waals surface area contributed by atoms with E-state index >= 15 is 0 Å². The molecule has 7 nitrogen and oxygen atoms in total. The van der Waals surface area contributed by atoms with E-state index in [0.29, 0.717) is 23.4 Å². The van der Waals surface area contributed by atoms with Crippen LogP contribution in [0.4, 0.5) is 0 Å². The van der Waals surface area contributed by atoms with E-state index in [-0.39, 0.29) is 30.1 Å². The molecule has 1 fully saturated rings. The molecule has 1 atom stereocenters. The van der Waals surface area contributed by atoms with Gasteiger partial charge in [-0.15, -0.1) is 0 Å². The number of ketones is 1.